The number of aromatic nitrogens is 4. The number of aliphatic hydroxyl groups is 2. The number of rotatable bonds is 2. The molecule has 21 heavy (non-hydrogen) atoms. The fourth-order valence-electron chi connectivity index (χ4n) is 2.90. The third kappa shape index (κ3) is 1.36. The summed E-state index contributed by atoms with van der Waals surface area (Å²) in [5.74, 6) is -0.305. The largest absolute Gasteiger partial charge is 0.393 e. The van der Waals surface area contributed by atoms with Crippen LogP contribution in [0.25, 0.3) is 11.2 Å². The minimum Gasteiger partial charge on any atom is -0.393 e. The van der Waals surface area contributed by atoms with Crippen LogP contribution in [0.15, 0.2) is 12.7 Å². The summed E-state index contributed by atoms with van der Waals surface area (Å²) < 4.78 is 7.18. The lowest BCUT2D eigenvalue weighted by Gasteiger charge is -2.28. The molecule has 110 valence electrons. The van der Waals surface area contributed by atoms with Crippen molar-refractivity contribution in [2.45, 2.75) is 24.0 Å². The Balaban J connectivity index is 1.82. The number of nitrogens with two attached hydrogens (primary N) is 1. The van der Waals surface area contributed by atoms with Gasteiger partial charge in [-0.2, -0.15) is 0 Å². The number of imidazole rings is 1. The highest BCUT2D eigenvalue weighted by atomic mass is 16.6. The van der Waals surface area contributed by atoms with Gasteiger partial charge in [-0.1, -0.05) is 0 Å². The second-order valence-electron chi connectivity index (χ2n) is 5.08. The second kappa shape index (κ2) is 3.87. The molecule has 1 unspecified atom stereocenters. The maximum Gasteiger partial charge on any atom is 0.258 e. The van der Waals surface area contributed by atoms with E-state index in [9.17, 15) is 15.0 Å². The molecule has 4 rings (SSSR count). The first kappa shape index (κ1) is 12.4. The Morgan fingerprint density at radius 2 is 2.29 bits per heavy atom. The summed E-state index contributed by atoms with van der Waals surface area (Å²) in [6, 6.07) is -0.696. The highest BCUT2D eigenvalue weighted by molar-refractivity contribution is 5.90. The van der Waals surface area contributed by atoms with Crippen LogP contribution in [0.1, 0.15) is 6.23 Å². The van der Waals surface area contributed by atoms with Crippen LogP contribution in [-0.2, 0) is 9.53 Å². The van der Waals surface area contributed by atoms with Gasteiger partial charge in [0.2, 0.25) is 0 Å². The molecule has 0 radical (unpaired) electrons. The number of ether oxygens (including phenoxy) is 1. The number of morpholine rings is 1. The normalized spacial score (nSPS) is 34.6. The molecule has 2 saturated heterocycles. The molecule has 2 aromatic heterocycles. The van der Waals surface area contributed by atoms with Gasteiger partial charge in [0.25, 0.3) is 5.91 Å². The smallest absolute Gasteiger partial charge is 0.258 e. The van der Waals surface area contributed by atoms with Crippen LogP contribution >= 0.6 is 0 Å². The molecule has 0 spiro atoms. The number of aliphatic hydroxyl groups excluding tert-OH is 2. The van der Waals surface area contributed by atoms with Gasteiger partial charge in [0.1, 0.15) is 24.0 Å². The minimum absolute atomic E-state index is 0.225. The Hall–Kier alpha value is -2.30. The first-order valence-corrected chi connectivity index (χ1v) is 6.29. The quantitative estimate of drug-likeness (QED) is 0.475. The molecule has 0 aliphatic carbocycles. The van der Waals surface area contributed by atoms with E-state index in [1.807, 2.05) is 0 Å². The van der Waals surface area contributed by atoms with Crippen molar-refractivity contribution in [1.29, 1.82) is 0 Å². The van der Waals surface area contributed by atoms with E-state index in [1.54, 1.807) is 4.57 Å². The standard InChI is InChI=1S/C11H12N6O4/c12-7-5-8(14-2-13-7)17(3-15-5)9-4-6(19)11(1-18,21-9)10(20)16-4/h2-4,6,9,18-19H,1H2,(H,16,20)(H2,12,13,14)/t4-,6?,9+,11-/m0/s1. The lowest BCUT2D eigenvalue weighted by atomic mass is 10.00. The number of carbonyl (C=O) groups excluding carboxylic acids is 1. The van der Waals surface area contributed by atoms with Gasteiger partial charge in [-0.05, 0) is 0 Å². The number of hydrogen-bond acceptors (Lipinski definition) is 8. The van der Waals surface area contributed by atoms with Gasteiger partial charge < -0.3 is 26.0 Å². The van der Waals surface area contributed by atoms with Gasteiger partial charge in [0.05, 0.1) is 12.9 Å². The average molecular weight is 292 g/mol. The van der Waals surface area contributed by atoms with Crippen molar-refractivity contribution >= 4 is 22.9 Å². The summed E-state index contributed by atoms with van der Waals surface area (Å²) >= 11 is 0. The first-order valence-electron chi connectivity index (χ1n) is 6.29. The second-order valence-corrected chi connectivity index (χ2v) is 5.08. The topological polar surface area (TPSA) is 148 Å². The molecule has 10 heteroatoms. The maximum atomic E-state index is 11.8. The molecular weight excluding hydrogens is 280 g/mol. The Bertz CT molecular complexity index is 747. The Kier molecular flexibility index (Phi) is 2.29. The SMILES string of the molecule is Nc1ncnc2c1ncn2[C@@H]1O[C@]2(CO)C(=O)N[C@H]1C2O. The zero-order valence-corrected chi connectivity index (χ0v) is 10.7. The summed E-state index contributed by atoms with van der Waals surface area (Å²) in [5, 5.41) is 22.2. The van der Waals surface area contributed by atoms with Gasteiger partial charge in [0.15, 0.2) is 23.3 Å². The molecule has 2 aliphatic rings. The van der Waals surface area contributed by atoms with Crippen molar-refractivity contribution in [1.82, 2.24) is 24.8 Å². The monoisotopic (exact) mass is 292 g/mol. The number of nitrogens with one attached hydrogen (secondary N) is 1. The lowest BCUT2D eigenvalue weighted by Crippen LogP contribution is -2.51. The highest BCUT2D eigenvalue weighted by Crippen LogP contribution is 2.42. The van der Waals surface area contributed by atoms with E-state index in [0.29, 0.717) is 11.2 Å². The third-order valence-electron chi connectivity index (χ3n) is 4.03. The summed E-state index contributed by atoms with van der Waals surface area (Å²) in [4.78, 5) is 23.9. The summed E-state index contributed by atoms with van der Waals surface area (Å²) in [5.41, 5.74) is 4.90. The Morgan fingerprint density at radius 3 is 3.00 bits per heavy atom. The van der Waals surface area contributed by atoms with Crippen molar-refractivity contribution in [2.24, 2.45) is 0 Å². The molecule has 2 bridgehead atoms. The fourth-order valence-corrected chi connectivity index (χ4v) is 2.90. The molecule has 4 atom stereocenters. The number of hydrogen-bond donors (Lipinski definition) is 4. The van der Waals surface area contributed by atoms with Crippen molar-refractivity contribution < 1.29 is 19.7 Å². The fraction of sp³-hybridized carbons (Fsp3) is 0.455. The third-order valence-corrected chi connectivity index (χ3v) is 4.03. The molecule has 0 aromatic carbocycles. The molecule has 0 saturated carbocycles. The zero-order valence-electron chi connectivity index (χ0n) is 10.7. The summed E-state index contributed by atoms with van der Waals surface area (Å²) in [6.45, 7) is -0.614. The van der Waals surface area contributed by atoms with Crippen LogP contribution in [0.2, 0.25) is 0 Å². The van der Waals surface area contributed by atoms with Gasteiger partial charge >= 0.3 is 0 Å². The summed E-state index contributed by atoms with van der Waals surface area (Å²) in [7, 11) is 0. The van der Waals surface area contributed by atoms with Gasteiger partial charge in [-0.25, -0.2) is 15.0 Å². The van der Waals surface area contributed by atoms with E-state index in [2.05, 4.69) is 20.3 Å². The van der Waals surface area contributed by atoms with E-state index in [1.165, 1.54) is 12.7 Å². The molecule has 5 N–H and O–H groups in total. The molecular formula is C11H12N6O4. The van der Waals surface area contributed by atoms with E-state index < -0.39 is 36.5 Å². The minimum atomic E-state index is -1.65. The Labute approximate surface area is 117 Å². The number of carbonyl (C=O) groups is 1. The highest BCUT2D eigenvalue weighted by Gasteiger charge is 2.66. The first-order chi connectivity index (χ1) is 10.1. The average Bonchev–Trinajstić information content (AvgIpc) is 3.09. The van der Waals surface area contributed by atoms with Crippen molar-refractivity contribution in [2.75, 3.05) is 12.3 Å². The Morgan fingerprint density at radius 1 is 1.48 bits per heavy atom. The van der Waals surface area contributed by atoms with Crippen molar-refractivity contribution in [3.63, 3.8) is 0 Å². The molecule has 2 aliphatic heterocycles. The van der Waals surface area contributed by atoms with Crippen LogP contribution in [0.4, 0.5) is 5.82 Å². The van der Waals surface area contributed by atoms with Crippen molar-refractivity contribution in [3.05, 3.63) is 12.7 Å². The van der Waals surface area contributed by atoms with E-state index >= 15 is 0 Å². The van der Waals surface area contributed by atoms with Gasteiger partial charge in [-0.3, -0.25) is 9.36 Å². The van der Waals surface area contributed by atoms with E-state index in [4.69, 9.17) is 10.5 Å². The van der Waals surface area contributed by atoms with Gasteiger partial charge in [-0.15, -0.1) is 0 Å². The van der Waals surface area contributed by atoms with E-state index in [0.717, 1.165) is 0 Å². The molecule has 4 heterocycles. The van der Waals surface area contributed by atoms with Crippen LogP contribution in [-0.4, -0.2) is 60.0 Å². The number of nitrogen functional groups attached to an aromatic ring is 1. The van der Waals surface area contributed by atoms with Gasteiger partial charge in [0, 0.05) is 0 Å². The van der Waals surface area contributed by atoms with Crippen LogP contribution < -0.4 is 11.1 Å². The van der Waals surface area contributed by atoms with Crippen molar-refractivity contribution in [3.8, 4) is 0 Å². The predicted molar refractivity (Wildman–Crippen MR) is 67.6 cm³/mol. The molecule has 1 amide bonds. The van der Waals surface area contributed by atoms with Crippen LogP contribution in [0, 0.1) is 0 Å². The molecule has 2 fully saturated rings. The lowest BCUT2D eigenvalue weighted by molar-refractivity contribution is -0.169. The number of nitrogens with zero attached hydrogens (tertiary/aromatic N) is 4. The molecule has 2 aromatic rings. The number of anilines is 1. The zero-order chi connectivity index (χ0) is 14.8. The maximum absolute atomic E-state index is 11.8. The van der Waals surface area contributed by atoms with Crippen LogP contribution in [0.5, 0.6) is 0 Å². The van der Waals surface area contributed by atoms with E-state index in [-0.39, 0.29) is 5.82 Å². The number of amides is 1. The number of fused-ring (bicyclic) bond motifs is 3. The predicted octanol–water partition coefficient (Wildman–Crippen LogP) is -2.47. The summed E-state index contributed by atoms with van der Waals surface area (Å²) in [6.07, 6.45) is 0.853. The van der Waals surface area contributed by atoms with Crippen LogP contribution in [0.3, 0.4) is 0 Å². The molecule has 10 nitrogen and oxygen atoms in total.